The summed E-state index contributed by atoms with van der Waals surface area (Å²) in [6.45, 7) is 3.58. The molecule has 0 aliphatic carbocycles. The summed E-state index contributed by atoms with van der Waals surface area (Å²) >= 11 is 0. The van der Waals surface area contributed by atoms with E-state index in [0.717, 1.165) is 5.56 Å². The second kappa shape index (κ2) is 6.87. The zero-order valence-electron chi connectivity index (χ0n) is 13.1. The van der Waals surface area contributed by atoms with E-state index in [4.69, 9.17) is 4.74 Å². The molecule has 0 bridgehead atoms. The summed E-state index contributed by atoms with van der Waals surface area (Å²) < 4.78 is 5.22. The van der Waals surface area contributed by atoms with Crippen molar-refractivity contribution in [3.05, 3.63) is 63.5 Å². The van der Waals surface area contributed by atoms with E-state index in [-0.39, 0.29) is 11.6 Å². The van der Waals surface area contributed by atoms with E-state index in [1.54, 1.807) is 19.2 Å². The van der Waals surface area contributed by atoms with E-state index in [0.29, 0.717) is 16.9 Å². The maximum absolute atomic E-state index is 12.3. The van der Waals surface area contributed by atoms with Crippen LogP contribution >= 0.6 is 0 Å². The van der Waals surface area contributed by atoms with Gasteiger partial charge in [0, 0.05) is 30.1 Å². The fourth-order valence-corrected chi connectivity index (χ4v) is 2.21. The standard InChI is InChI=1S/C16H17N3O4/c1-10-6-12(9-17-8-10)16(20)18-11(2)14-7-13(19(21)22)4-5-15(14)23-3/h4-9,11H,1-3H3,(H,18,20). The highest BCUT2D eigenvalue weighted by atomic mass is 16.6. The van der Waals surface area contributed by atoms with Crippen LogP contribution in [0.3, 0.4) is 0 Å². The molecule has 2 rings (SSSR count). The number of nitrogens with zero attached hydrogens (tertiary/aromatic N) is 2. The number of nitrogens with one attached hydrogen (secondary N) is 1. The molecule has 1 N–H and O–H groups in total. The Labute approximate surface area is 133 Å². The largest absolute Gasteiger partial charge is 0.496 e. The average Bonchev–Trinajstić information content (AvgIpc) is 2.53. The number of carbonyl (C=O) groups is 1. The number of benzene rings is 1. The smallest absolute Gasteiger partial charge is 0.270 e. The summed E-state index contributed by atoms with van der Waals surface area (Å²) in [5.74, 6) is 0.174. The molecule has 1 aromatic carbocycles. The van der Waals surface area contributed by atoms with Crippen molar-refractivity contribution in [2.75, 3.05) is 7.11 Å². The lowest BCUT2D eigenvalue weighted by Crippen LogP contribution is -2.27. The highest BCUT2D eigenvalue weighted by Crippen LogP contribution is 2.29. The number of nitro groups is 1. The molecule has 1 amide bonds. The molecule has 0 aliphatic rings. The Kier molecular flexibility index (Phi) is 4.90. The average molecular weight is 315 g/mol. The molecular weight excluding hydrogens is 298 g/mol. The van der Waals surface area contributed by atoms with Gasteiger partial charge in [-0.05, 0) is 31.5 Å². The first-order chi connectivity index (χ1) is 10.9. The van der Waals surface area contributed by atoms with E-state index >= 15 is 0 Å². The number of rotatable bonds is 5. The number of carbonyl (C=O) groups excluding carboxylic acids is 1. The number of ether oxygens (including phenoxy) is 1. The number of aromatic nitrogens is 1. The molecule has 0 spiro atoms. The van der Waals surface area contributed by atoms with Crippen LogP contribution in [0.2, 0.25) is 0 Å². The Morgan fingerprint density at radius 3 is 2.70 bits per heavy atom. The van der Waals surface area contributed by atoms with E-state index in [2.05, 4.69) is 10.3 Å². The van der Waals surface area contributed by atoms with Gasteiger partial charge < -0.3 is 10.1 Å². The van der Waals surface area contributed by atoms with Gasteiger partial charge in [-0.1, -0.05) is 0 Å². The molecule has 23 heavy (non-hydrogen) atoms. The van der Waals surface area contributed by atoms with Crippen LogP contribution < -0.4 is 10.1 Å². The zero-order valence-corrected chi connectivity index (χ0v) is 13.1. The van der Waals surface area contributed by atoms with Crippen molar-refractivity contribution in [3.63, 3.8) is 0 Å². The highest BCUT2D eigenvalue weighted by Gasteiger charge is 2.19. The van der Waals surface area contributed by atoms with Gasteiger partial charge in [-0.2, -0.15) is 0 Å². The van der Waals surface area contributed by atoms with Crippen LogP contribution in [-0.4, -0.2) is 22.9 Å². The minimum absolute atomic E-state index is 0.0564. The van der Waals surface area contributed by atoms with Crippen LogP contribution in [0.15, 0.2) is 36.7 Å². The number of pyridine rings is 1. The lowest BCUT2D eigenvalue weighted by atomic mass is 10.1. The molecule has 0 aliphatic heterocycles. The lowest BCUT2D eigenvalue weighted by molar-refractivity contribution is -0.385. The second-order valence-electron chi connectivity index (χ2n) is 5.13. The molecule has 0 saturated carbocycles. The molecule has 0 fully saturated rings. The topological polar surface area (TPSA) is 94.4 Å². The Hall–Kier alpha value is -2.96. The van der Waals surface area contributed by atoms with Crippen molar-refractivity contribution < 1.29 is 14.5 Å². The van der Waals surface area contributed by atoms with E-state index in [1.165, 1.54) is 31.5 Å². The Morgan fingerprint density at radius 2 is 2.09 bits per heavy atom. The summed E-state index contributed by atoms with van der Waals surface area (Å²) in [6.07, 6.45) is 3.13. The molecule has 7 heteroatoms. The monoisotopic (exact) mass is 315 g/mol. The van der Waals surface area contributed by atoms with Crippen LogP contribution in [0.25, 0.3) is 0 Å². The van der Waals surface area contributed by atoms with E-state index in [9.17, 15) is 14.9 Å². The first kappa shape index (κ1) is 16.4. The molecule has 120 valence electrons. The van der Waals surface area contributed by atoms with Gasteiger partial charge in [-0.15, -0.1) is 0 Å². The van der Waals surface area contributed by atoms with Crippen LogP contribution in [-0.2, 0) is 0 Å². The van der Waals surface area contributed by atoms with Crippen LogP contribution in [0.5, 0.6) is 5.75 Å². The van der Waals surface area contributed by atoms with Crippen LogP contribution in [0.4, 0.5) is 5.69 Å². The molecule has 1 atom stereocenters. The fraction of sp³-hybridized carbons (Fsp3) is 0.250. The van der Waals surface area contributed by atoms with Crippen molar-refractivity contribution in [1.29, 1.82) is 0 Å². The van der Waals surface area contributed by atoms with Crippen molar-refractivity contribution >= 4 is 11.6 Å². The lowest BCUT2D eigenvalue weighted by Gasteiger charge is -2.17. The van der Waals surface area contributed by atoms with E-state index < -0.39 is 11.0 Å². The third-order valence-corrected chi connectivity index (χ3v) is 3.38. The van der Waals surface area contributed by atoms with E-state index in [1.807, 2.05) is 6.92 Å². The number of hydrogen-bond donors (Lipinski definition) is 1. The van der Waals surface area contributed by atoms with Gasteiger partial charge >= 0.3 is 0 Å². The Bertz CT molecular complexity index is 746. The SMILES string of the molecule is COc1ccc([N+](=O)[O-])cc1C(C)NC(=O)c1cncc(C)c1. The van der Waals surface area contributed by atoms with Gasteiger partial charge in [0.25, 0.3) is 11.6 Å². The number of methoxy groups -OCH3 is 1. The Morgan fingerprint density at radius 1 is 1.35 bits per heavy atom. The number of nitro benzene ring substituents is 1. The van der Waals surface area contributed by atoms with Gasteiger partial charge in [-0.3, -0.25) is 19.9 Å². The molecule has 7 nitrogen and oxygen atoms in total. The molecule has 1 unspecified atom stereocenters. The maximum Gasteiger partial charge on any atom is 0.270 e. The number of aryl methyl sites for hydroxylation is 1. The molecule has 0 saturated heterocycles. The second-order valence-corrected chi connectivity index (χ2v) is 5.13. The Balaban J connectivity index is 2.26. The van der Waals surface area contributed by atoms with Crippen molar-refractivity contribution in [1.82, 2.24) is 10.3 Å². The van der Waals surface area contributed by atoms with Crippen molar-refractivity contribution in [3.8, 4) is 5.75 Å². The summed E-state index contributed by atoms with van der Waals surface area (Å²) in [7, 11) is 1.48. The number of amides is 1. The minimum Gasteiger partial charge on any atom is -0.496 e. The third-order valence-electron chi connectivity index (χ3n) is 3.38. The summed E-state index contributed by atoms with van der Waals surface area (Å²) in [6, 6.07) is 5.54. The molecule has 1 heterocycles. The molecular formula is C16H17N3O4. The minimum atomic E-state index is -0.484. The van der Waals surface area contributed by atoms with Crippen LogP contribution in [0.1, 0.15) is 34.5 Å². The van der Waals surface area contributed by atoms with Crippen molar-refractivity contribution in [2.24, 2.45) is 0 Å². The van der Waals surface area contributed by atoms with Gasteiger partial charge in [0.1, 0.15) is 5.75 Å². The quantitative estimate of drug-likeness (QED) is 0.676. The van der Waals surface area contributed by atoms with Gasteiger partial charge in [-0.25, -0.2) is 0 Å². The fourth-order valence-electron chi connectivity index (χ4n) is 2.21. The molecule has 1 aromatic heterocycles. The summed E-state index contributed by atoms with van der Waals surface area (Å²) in [5.41, 5.74) is 1.79. The molecule has 0 radical (unpaired) electrons. The highest BCUT2D eigenvalue weighted by molar-refractivity contribution is 5.94. The number of hydrogen-bond acceptors (Lipinski definition) is 5. The molecule has 2 aromatic rings. The predicted octanol–water partition coefficient (Wildman–Crippen LogP) is 2.80. The van der Waals surface area contributed by atoms with Crippen LogP contribution in [0, 0.1) is 17.0 Å². The van der Waals surface area contributed by atoms with Crippen molar-refractivity contribution in [2.45, 2.75) is 19.9 Å². The normalized spacial score (nSPS) is 11.6. The summed E-state index contributed by atoms with van der Waals surface area (Å²) in [4.78, 5) is 26.7. The van der Waals surface area contributed by atoms with Gasteiger partial charge in [0.15, 0.2) is 0 Å². The zero-order chi connectivity index (χ0) is 17.0. The third kappa shape index (κ3) is 3.82. The number of non-ortho nitro benzene ring substituents is 1. The summed E-state index contributed by atoms with van der Waals surface area (Å²) in [5, 5.41) is 13.7. The first-order valence-corrected chi connectivity index (χ1v) is 6.97. The first-order valence-electron chi connectivity index (χ1n) is 6.97. The predicted molar refractivity (Wildman–Crippen MR) is 84.5 cm³/mol. The van der Waals surface area contributed by atoms with Gasteiger partial charge in [0.05, 0.1) is 23.6 Å². The maximum atomic E-state index is 12.3. The van der Waals surface area contributed by atoms with Gasteiger partial charge in [0.2, 0.25) is 0 Å².